The second-order valence-corrected chi connectivity index (χ2v) is 3.51. The molecule has 0 aliphatic carbocycles. The Morgan fingerprint density at radius 2 is 2.57 bits per heavy atom. The van der Waals surface area contributed by atoms with Crippen LogP contribution in [0.1, 0.15) is 24.1 Å². The van der Waals surface area contributed by atoms with Crippen molar-refractivity contribution in [1.29, 1.82) is 0 Å². The summed E-state index contributed by atoms with van der Waals surface area (Å²) in [6.07, 6.45) is 4.85. The van der Waals surface area contributed by atoms with Gasteiger partial charge in [-0.05, 0) is 23.6 Å². The molecule has 0 amide bonds. The molecule has 3 nitrogen and oxygen atoms in total. The summed E-state index contributed by atoms with van der Waals surface area (Å²) >= 11 is 0. The Balaban J connectivity index is 2.20. The molecule has 1 aromatic heterocycles. The fourth-order valence-electron chi connectivity index (χ4n) is 1.84. The van der Waals surface area contributed by atoms with E-state index >= 15 is 0 Å². The average molecular weight is 192 g/mol. The highest BCUT2D eigenvalue weighted by molar-refractivity contribution is 5.26. The summed E-state index contributed by atoms with van der Waals surface area (Å²) < 4.78 is 5.45. The highest BCUT2D eigenvalue weighted by Gasteiger charge is 2.17. The van der Waals surface area contributed by atoms with E-state index in [0.717, 1.165) is 26.2 Å². The van der Waals surface area contributed by atoms with Gasteiger partial charge in [0.25, 0.3) is 0 Å². The molecule has 1 fully saturated rings. The Hall–Kier alpha value is -0.930. The molecule has 14 heavy (non-hydrogen) atoms. The van der Waals surface area contributed by atoms with Crippen molar-refractivity contribution in [2.24, 2.45) is 0 Å². The van der Waals surface area contributed by atoms with Crippen molar-refractivity contribution in [3.63, 3.8) is 0 Å². The Labute approximate surface area is 84.5 Å². The Bertz CT molecular complexity index is 295. The van der Waals surface area contributed by atoms with E-state index in [1.165, 1.54) is 11.1 Å². The maximum absolute atomic E-state index is 5.45. The standard InChI is InChI=1S/C11H16N2O/c1-2-9-3-4-12-7-10(9)11-8-14-6-5-13-11/h3-4,7,11,13H,2,5-6,8H2,1H3. The molecule has 0 spiro atoms. The molecular formula is C11H16N2O. The Kier molecular flexibility index (Phi) is 3.11. The number of hydrogen-bond acceptors (Lipinski definition) is 3. The minimum absolute atomic E-state index is 0.326. The maximum Gasteiger partial charge on any atom is 0.0662 e. The summed E-state index contributed by atoms with van der Waals surface area (Å²) in [7, 11) is 0. The predicted octanol–water partition coefficient (Wildman–Crippen LogP) is 1.30. The largest absolute Gasteiger partial charge is 0.378 e. The molecule has 0 aromatic carbocycles. The summed E-state index contributed by atoms with van der Waals surface area (Å²) in [5.74, 6) is 0. The topological polar surface area (TPSA) is 34.1 Å². The SMILES string of the molecule is CCc1ccncc1C1COCCN1. The third kappa shape index (κ3) is 1.94. The number of nitrogens with one attached hydrogen (secondary N) is 1. The van der Waals surface area contributed by atoms with Crippen molar-refractivity contribution in [3.8, 4) is 0 Å². The van der Waals surface area contributed by atoms with Crippen molar-refractivity contribution in [2.75, 3.05) is 19.8 Å². The van der Waals surface area contributed by atoms with Gasteiger partial charge in [-0.25, -0.2) is 0 Å². The van der Waals surface area contributed by atoms with E-state index in [4.69, 9.17) is 4.74 Å². The van der Waals surface area contributed by atoms with Crippen LogP contribution in [0.4, 0.5) is 0 Å². The van der Waals surface area contributed by atoms with Gasteiger partial charge in [-0.15, -0.1) is 0 Å². The van der Waals surface area contributed by atoms with Crippen LogP contribution in [0.3, 0.4) is 0 Å². The van der Waals surface area contributed by atoms with Crippen molar-refractivity contribution >= 4 is 0 Å². The lowest BCUT2D eigenvalue weighted by atomic mass is 10.0. The number of ether oxygens (including phenoxy) is 1. The summed E-state index contributed by atoms with van der Waals surface area (Å²) in [4.78, 5) is 4.17. The monoisotopic (exact) mass is 192 g/mol. The van der Waals surface area contributed by atoms with E-state index in [1.54, 1.807) is 0 Å². The van der Waals surface area contributed by atoms with Crippen molar-refractivity contribution in [1.82, 2.24) is 10.3 Å². The van der Waals surface area contributed by atoms with Crippen molar-refractivity contribution in [2.45, 2.75) is 19.4 Å². The lowest BCUT2D eigenvalue weighted by Crippen LogP contribution is -2.35. The molecule has 1 aromatic rings. The maximum atomic E-state index is 5.45. The van der Waals surface area contributed by atoms with E-state index in [-0.39, 0.29) is 0 Å². The van der Waals surface area contributed by atoms with Gasteiger partial charge in [-0.3, -0.25) is 4.98 Å². The van der Waals surface area contributed by atoms with Crippen LogP contribution in [0.25, 0.3) is 0 Å². The van der Waals surface area contributed by atoms with Gasteiger partial charge in [0.1, 0.15) is 0 Å². The quantitative estimate of drug-likeness (QED) is 0.767. The van der Waals surface area contributed by atoms with Gasteiger partial charge in [0.2, 0.25) is 0 Å². The first-order valence-electron chi connectivity index (χ1n) is 5.15. The number of pyridine rings is 1. The van der Waals surface area contributed by atoms with Crippen LogP contribution in [0.5, 0.6) is 0 Å². The summed E-state index contributed by atoms with van der Waals surface area (Å²) in [5, 5.41) is 3.45. The first-order chi connectivity index (χ1) is 6.92. The number of rotatable bonds is 2. The highest BCUT2D eigenvalue weighted by atomic mass is 16.5. The summed E-state index contributed by atoms with van der Waals surface area (Å²) in [6.45, 7) is 4.68. The van der Waals surface area contributed by atoms with Gasteiger partial charge in [0, 0.05) is 18.9 Å². The zero-order valence-corrected chi connectivity index (χ0v) is 8.49. The minimum atomic E-state index is 0.326. The normalized spacial score (nSPS) is 22.2. The van der Waals surface area contributed by atoms with Crippen molar-refractivity contribution in [3.05, 3.63) is 29.6 Å². The molecule has 1 atom stereocenters. The van der Waals surface area contributed by atoms with E-state index in [9.17, 15) is 0 Å². The van der Waals surface area contributed by atoms with Crippen LogP contribution in [-0.4, -0.2) is 24.7 Å². The molecule has 3 heteroatoms. The third-order valence-electron chi connectivity index (χ3n) is 2.62. The average Bonchev–Trinajstić information content (AvgIpc) is 2.30. The second kappa shape index (κ2) is 4.53. The van der Waals surface area contributed by atoms with E-state index in [0.29, 0.717) is 6.04 Å². The number of aryl methyl sites for hydroxylation is 1. The molecule has 76 valence electrons. The van der Waals surface area contributed by atoms with Crippen LogP contribution < -0.4 is 5.32 Å². The zero-order chi connectivity index (χ0) is 9.80. The van der Waals surface area contributed by atoms with Gasteiger partial charge in [0.15, 0.2) is 0 Å². The van der Waals surface area contributed by atoms with Crippen LogP contribution in [0.15, 0.2) is 18.5 Å². The van der Waals surface area contributed by atoms with Gasteiger partial charge >= 0.3 is 0 Å². The molecule has 1 N–H and O–H groups in total. The molecule has 2 rings (SSSR count). The Morgan fingerprint density at radius 3 is 3.29 bits per heavy atom. The highest BCUT2D eigenvalue weighted by Crippen LogP contribution is 2.19. The first-order valence-corrected chi connectivity index (χ1v) is 5.15. The lowest BCUT2D eigenvalue weighted by Gasteiger charge is -2.25. The number of morpholine rings is 1. The fourth-order valence-corrected chi connectivity index (χ4v) is 1.84. The van der Waals surface area contributed by atoms with Gasteiger partial charge in [0.05, 0.1) is 19.3 Å². The third-order valence-corrected chi connectivity index (χ3v) is 2.62. The molecular weight excluding hydrogens is 176 g/mol. The van der Waals surface area contributed by atoms with Crippen LogP contribution in [-0.2, 0) is 11.2 Å². The first kappa shape index (κ1) is 9.62. The van der Waals surface area contributed by atoms with E-state index in [1.807, 2.05) is 12.4 Å². The van der Waals surface area contributed by atoms with Gasteiger partial charge in [-0.1, -0.05) is 6.92 Å². The zero-order valence-electron chi connectivity index (χ0n) is 8.49. The molecule has 0 saturated carbocycles. The van der Waals surface area contributed by atoms with E-state index in [2.05, 4.69) is 23.3 Å². The minimum Gasteiger partial charge on any atom is -0.378 e. The molecule has 1 saturated heterocycles. The molecule has 1 aliphatic rings. The lowest BCUT2D eigenvalue weighted by molar-refractivity contribution is 0.0765. The second-order valence-electron chi connectivity index (χ2n) is 3.51. The summed E-state index contributed by atoms with van der Waals surface area (Å²) in [6, 6.07) is 2.42. The molecule has 1 aliphatic heterocycles. The smallest absolute Gasteiger partial charge is 0.0662 e. The number of hydrogen-bond donors (Lipinski definition) is 1. The van der Waals surface area contributed by atoms with Crippen LogP contribution >= 0.6 is 0 Å². The molecule has 0 bridgehead atoms. The van der Waals surface area contributed by atoms with Gasteiger partial charge < -0.3 is 10.1 Å². The van der Waals surface area contributed by atoms with Crippen LogP contribution in [0, 0.1) is 0 Å². The Morgan fingerprint density at radius 1 is 1.64 bits per heavy atom. The predicted molar refractivity (Wildman–Crippen MR) is 55.2 cm³/mol. The van der Waals surface area contributed by atoms with Crippen molar-refractivity contribution < 1.29 is 4.74 Å². The molecule has 2 heterocycles. The molecule has 0 radical (unpaired) electrons. The van der Waals surface area contributed by atoms with E-state index < -0.39 is 0 Å². The summed E-state index contributed by atoms with van der Waals surface area (Å²) in [5.41, 5.74) is 2.65. The fraction of sp³-hybridized carbons (Fsp3) is 0.545. The number of nitrogens with zero attached hydrogens (tertiary/aromatic N) is 1. The van der Waals surface area contributed by atoms with Gasteiger partial charge in [-0.2, -0.15) is 0 Å². The number of aromatic nitrogens is 1. The molecule has 1 unspecified atom stereocenters. The van der Waals surface area contributed by atoms with Crippen LogP contribution in [0.2, 0.25) is 0 Å².